The molecule has 3 nitrogen and oxygen atoms in total. The summed E-state index contributed by atoms with van der Waals surface area (Å²) in [6.45, 7) is 12.8. The van der Waals surface area contributed by atoms with Crippen LogP contribution in [0.15, 0.2) is 48.5 Å². The molecule has 0 amide bonds. The molecular formula is C27H33O3P. The van der Waals surface area contributed by atoms with Crippen LogP contribution in [-0.2, 0) is 5.41 Å². The largest absolute Gasteiger partial charge is 0.507 e. The Morgan fingerprint density at radius 1 is 0.774 bits per heavy atom. The van der Waals surface area contributed by atoms with Gasteiger partial charge in [-0.15, -0.1) is 0 Å². The molecule has 3 aromatic rings. The molecule has 0 aliphatic rings. The predicted molar refractivity (Wildman–Crippen MR) is 133 cm³/mol. The molecule has 0 saturated heterocycles. The van der Waals surface area contributed by atoms with E-state index in [0.717, 1.165) is 44.1 Å². The second-order valence-electron chi connectivity index (χ2n) is 8.94. The number of rotatable bonds is 5. The van der Waals surface area contributed by atoms with Crippen molar-refractivity contribution in [3.8, 4) is 17.2 Å². The first kappa shape index (κ1) is 23.2. The fourth-order valence-electron chi connectivity index (χ4n) is 4.24. The Bertz CT molecular complexity index is 1100. The zero-order chi connectivity index (χ0) is 22.9. The van der Waals surface area contributed by atoms with Crippen LogP contribution in [0.1, 0.15) is 43.0 Å². The standard InChI is InChI=1S/C27H33O3P/c1-17-12-11-14-21(30-8)26(17)31(22-15-10-9-13-20(22)29-7)23-16-18(2)19(3)24(25(23)28)27(4,5)6/h9-16,28H,1-8H3. The predicted octanol–water partition coefficient (Wildman–Crippen LogP) is 5.39. The third-order valence-electron chi connectivity index (χ3n) is 5.76. The van der Waals surface area contributed by atoms with E-state index in [9.17, 15) is 5.11 Å². The van der Waals surface area contributed by atoms with E-state index in [2.05, 4.69) is 59.7 Å². The minimum atomic E-state index is -1.13. The van der Waals surface area contributed by atoms with Crippen LogP contribution < -0.4 is 25.4 Å². The minimum Gasteiger partial charge on any atom is -0.507 e. The fourth-order valence-corrected chi connectivity index (χ4v) is 7.06. The highest BCUT2D eigenvalue weighted by Crippen LogP contribution is 2.46. The van der Waals surface area contributed by atoms with E-state index in [1.165, 1.54) is 5.56 Å². The van der Waals surface area contributed by atoms with Crippen LogP contribution in [0.25, 0.3) is 0 Å². The van der Waals surface area contributed by atoms with Gasteiger partial charge >= 0.3 is 0 Å². The monoisotopic (exact) mass is 436 g/mol. The van der Waals surface area contributed by atoms with Crippen molar-refractivity contribution in [2.24, 2.45) is 0 Å². The molecule has 0 aliphatic heterocycles. The number of aryl methyl sites for hydroxylation is 2. The van der Waals surface area contributed by atoms with Gasteiger partial charge in [-0.3, -0.25) is 0 Å². The second-order valence-corrected chi connectivity index (χ2v) is 11.0. The van der Waals surface area contributed by atoms with Crippen LogP contribution in [-0.4, -0.2) is 19.3 Å². The molecule has 0 aromatic heterocycles. The first-order chi connectivity index (χ1) is 14.6. The molecule has 3 rings (SSSR count). The maximum Gasteiger partial charge on any atom is 0.127 e. The number of benzene rings is 3. The molecule has 0 bridgehead atoms. The van der Waals surface area contributed by atoms with E-state index in [1.54, 1.807) is 14.2 Å². The molecule has 31 heavy (non-hydrogen) atoms. The van der Waals surface area contributed by atoms with Crippen LogP contribution in [0, 0.1) is 20.8 Å². The van der Waals surface area contributed by atoms with Crippen molar-refractivity contribution in [1.29, 1.82) is 0 Å². The van der Waals surface area contributed by atoms with Crippen molar-refractivity contribution in [3.63, 3.8) is 0 Å². The average molecular weight is 437 g/mol. The zero-order valence-electron chi connectivity index (χ0n) is 19.8. The van der Waals surface area contributed by atoms with E-state index in [4.69, 9.17) is 9.47 Å². The molecule has 3 aromatic carbocycles. The maximum atomic E-state index is 11.7. The molecule has 164 valence electrons. The number of phenols is 1. The van der Waals surface area contributed by atoms with Crippen LogP contribution in [0.5, 0.6) is 17.2 Å². The lowest BCUT2D eigenvalue weighted by Crippen LogP contribution is -2.27. The second kappa shape index (κ2) is 8.93. The lowest BCUT2D eigenvalue weighted by Gasteiger charge is -2.30. The number of hydrogen-bond acceptors (Lipinski definition) is 3. The third kappa shape index (κ3) is 4.29. The summed E-state index contributed by atoms with van der Waals surface area (Å²) in [5.74, 6) is 2.01. The van der Waals surface area contributed by atoms with Crippen molar-refractivity contribution in [2.45, 2.75) is 47.0 Å². The number of methoxy groups -OCH3 is 2. The van der Waals surface area contributed by atoms with Gasteiger partial charge in [0.25, 0.3) is 0 Å². The van der Waals surface area contributed by atoms with E-state index in [1.807, 2.05) is 30.3 Å². The Morgan fingerprint density at radius 2 is 1.39 bits per heavy atom. The third-order valence-corrected chi connectivity index (χ3v) is 8.45. The summed E-state index contributed by atoms with van der Waals surface area (Å²) >= 11 is 0. The van der Waals surface area contributed by atoms with Crippen LogP contribution in [0.2, 0.25) is 0 Å². The van der Waals surface area contributed by atoms with Crippen molar-refractivity contribution in [1.82, 2.24) is 0 Å². The van der Waals surface area contributed by atoms with Gasteiger partial charge < -0.3 is 14.6 Å². The summed E-state index contributed by atoms with van der Waals surface area (Å²) in [4.78, 5) is 0. The Kier molecular flexibility index (Phi) is 6.67. The highest BCUT2D eigenvalue weighted by molar-refractivity contribution is 7.80. The molecule has 0 heterocycles. The van der Waals surface area contributed by atoms with Crippen LogP contribution in [0.3, 0.4) is 0 Å². The molecular weight excluding hydrogens is 403 g/mol. The Morgan fingerprint density at radius 3 is 2.00 bits per heavy atom. The number of para-hydroxylation sites is 1. The van der Waals surface area contributed by atoms with Gasteiger partial charge in [0.2, 0.25) is 0 Å². The van der Waals surface area contributed by atoms with E-state index in [0.29, 0.717) is 5.75 Å². The van der Waals surface area contributed by atoms with Crippen molar-refractivity contribution in [3.05, 3.63) is 70.8 Å². The molecule has 1 N–H and O–H groups in total. The van der Waals surface area contributed by atoms with Gasteiger partial charge in [0.05, 0.1) is 14.2 Å². The molecule has 4 heteroatoms. The molecule has 0 spiro atoms. The zero-order valence-corrected chi connectivity index (χ0v) is 20.7. The summed E-state index contributed by atoms with van der Waals surface area (Å²) in [6.07, 6.45) is 0. The highest BCUT2D eigenvalue weighted by Gasteiger charge is 2.31. The molecule has 1 unspecified atom stereocenters. The van der Waals surface area contributed by atoms with Crippen molar-refractivity contribution < 1.29 is 14.6 Å². The minimum absolute atomic E-state index is 0.188. The van der Waals surface area contributed by atoms with Crippen LogP contribution in [0.4, 0.5) is 0 Å². The molecule has 0 radical (unpaired) electrons. The smallest absolute Gasteiger partial charge is 0.127 e. The van der Waals surface area contributed by atoms with Gasteiger partial charge in [-0.05, 0) is 69.0 Å². The van der Waals surface area contributed by atoms with Gasteiger partial charge in [0, 0.05) is 21.5 Å². The van der Waals surface area contributed by atoms with E-state index in [-0.39, 0.29) is 5.41 Å². The number of hydrogen-bond donors (Lipinski definition) is 1. The normalized spacial score (nSPS) is 12.5. The summed E-state index contributed by atoms with van der Waals surface area (Å²) in [6, 6.07) is 16.3. The number of phenolic OH excluding ortho intramolecular Hbond substituents is 1. The molecule has 0 fully saturated rings. The Balaban J connectivity index is 2.47. The first-order valence-corrected chi connectivity index (χ1v) is 11.9. The number of ether oxygens (including phenoxy) is 2. The van der Waals surface area contributed by atoms with Crippen molar-refractivity contribution >= 4 is 23.8 Å². The summed E-state index contributed by atoms with van der Waals surface area (Å²) in [7, 11) is 2.27. The van der Waals surface area contributed by atoms with E-state index < -0.39 is 7.92 Å². The van der Waals surface area contributed by atoms with Crippen molar-refractivity contribution in [2.75, 3.05) is 14.2 Å². The lowest BCUT2D eigenvalue weighted by molar-refractivity contribution is 0.417. The van der Waals surface area contributed by atoms with Gasteiger partial charge in [0.1, 0.15) is 17.2 Å². The van der Waals surface area contributed by atoms with Gasteiger partial charge in [-0.1, -0.05) is 51.1 Å². The molecule has 1 atom stereocenters. The Labute approximate surface area is 187 Å². The Hall–Kier alpha value is -2.51. The molecule has 0 saturated carbocycles. The van der Waals surface area contributed by atoms with Gasteiger partial charge in [-0.25, -0.2) is 0 Å². The number of aromatic hydroxyl groups is 1. The lowest BCUT2D eigenvalue weighted by atomic mass is 9.82. The first-order valence-electron chi connectivity index (χ1n) is 10.5. The van der Waals surface area contributed by atoms with Gasteiger partial charge in [0.15, 0.2) is 0 Å². The quantitative estimate of drug-likeness (QED) is 0.545. The fraction of sp³-hybridized carbons (Fsp3) is 0.333. The van der Waals surface area contributed by atoms with Crippen LogP contribution >= 0.6 is 7.92 Å². The summed E-state index contributed by atoms with van der Waals surface area (Å²) < 4.78 is 11.6. The highest BCUT2D eigenvalue weighted by atomic mass is 31.1. The SMILES string of the molecule is COc1ccccc1P(c1cc(C)c(C)c(C(C)(C)C)c1O)c1c(C)cccc1OC. The summed E-state index contributed by atoms with van der Waals surface area (Å²) in [5, 5.41) is 14.8. The summed E-state index contributed by atoms with van der Waals surface area (Å²) in [5.41, 5.74) is 4.25. The molecule has 0 aliphatic carbocycles. The maximum absolute atomic E-state index is 11.7. The van der Waals surface area contributed by atoms with Gasteiger partial charge in [-0.2, -0.15) is 0 Å². The van der Waals surface area contributed by atoms with E-state index >= 15 is 0 Å². The average Bonchev–Trinajstić information content (AvgIpc) is 2.72. The topological polar surface area (TPSA) is 38.7 Å².